The molecule has 0 saturated carbocycles. The molecule has 0 atom stereocenters. The number of nitrogens with zero attached hydrogens (tertiary/aromatic N) is 3. The Labute approximate surface area is 180 Å². The summed E-state index contributed by atoms with van der Waals surface area (Å²) < 4.78 is 1.72. The lowest BCUT2D eigenvalue weighted by Crippen LogP contribution is -2.54. The second kappa shape index (κ2) is 7.67. The number of para-hydroxylation sites is 1. The summed E-state index contributed by atoms with van der Waals surface area (Å²) in [5.74, 6) is -1.60. The Hall–Kier alpha value is -3.60. The Morgan fingerprint density at radius 1 is 1.07 bits per heavy atom. The molecule has 2 aromatic carbocycles. The van der Waals surface area contributed by atoms with E-state index in [9.17, 15) is 14.4 Å². The zero-order chi connectivity index (χ0) is 21.4. The molecule has 1 aliphatic heterocycles. The first-order chi connectivity index (χ1) is 14.4. The Bertz CT molecular complexity index is 1300. The summed E-state index contributed by atoms with van der Waals surface area (Å²) >= 11 is 11.9. The molecule has 2 heterocycles. The number of anilines is 1. The maximum atomic E-state index is 13.1. The number of aromatic nitrogens is 1. The molecule has 1 aromatic heterocycles. The normalized spacial score (nSPS) is 15.6. The molecular weight excluding hydrogens is 427 g/mol. The highest BCUT2D eigenvalue weighted by atomic mass is 35.5. The van der Waals surface area contributed by atoms with Crippen molar-refractivity contribution in [1.29, 1.82) is 5.26 Å². The second-order valence-electron chi connectivity index (χ2n) is 6.44. The quantitative estimate of drug-likeness (QED) is 0.490. The van der Waals surface area contributed by atoms with E-state index >= 15 is 0 Å². The van der Waals surface area contributed by atoms with Gasteiger partial charge in [0.25, 0.3) is 11.8 Å². The van der Waals surface area contributed by atoms with Crippen molar-refractivity contribution in [3.8, 4) is 6.07 Å². The minimum Gasteiger partial charge on any atom is -0.333 e. The molecule has 148 valence electrons. The van der Waals surface area contributed by atoms with Crippen LogP contribution < -0.4 is 10.2 Å². The first-order valence-corrected chi connectivity index (χ1v) is 9.47. The number of carbonyl (C=O) groups is 3. The smallest absolute Gasteiger partial charge is 0.333 e. The van der Waals surface area contributed by atoms with Crippen molar-refractivity contribution < 1.29 is 14.4 Å². The number of nitriles is 1. The van der Waals surface area contributed by atoms with Gasteiger partial charge in [-0.15, -0.1) is 0 Å². The van der Waals surface area contributed by atoms with Gasteiger partial charge in [-0.1, -0.05) is 41.4 Å². The van der Waals surface area contributed by atoms with Crippen molar-refractivity contribution in [3.63, 3.8) is 0 Å². The van der Waals surface area contributed by atoms with Crippen molar-refractivity contribution >= 4 is 63.7 Å². The molecule has 1 aliphatic rings. The van der Waals surface area contributed by atoms with E-state index in [2.05, 4.69) is 11.4 Å². The number of carbonyl (C=O) groups excluding carboxylic acids is 3. The lowest BCUT2D eigenvalue weighted by molar-refractivity contribution is -0.122. The molecule has 30 heavy (non-hydrogen) atoms. The molecule has 7 nitrogen and oxygen atoms in total. The van der Waals surface area contributed by atoms with Gasteiger partial charge in [0.15, 0.2) is 0 Å². The van der Waals surface area contributed by atoms with Gasteiger partial charge in [-0.05, 0) is 30.3 Å². The Kier molecular flexibility index (Phi) is 5.04. The first-order valence-electron chi connectivity index (χ1n) is 8.72. The zero-order valence-corrected chi connectivity index (χ0v) is 16.7. The number of halogens is 2. The minimum absolute atomic E-state index is 0.109. The van der Waals surface area contributed by atoms with Crippen molar-refractivity contribution in [3.05, 3.63) is 69.8 Å². The summed E-state index contributed by atoms with van der Waals surface area (Å²) in [4.78, 5) is 38.7. The number of rotatable bonds is 3. The number of barbiturate groups is 1. The highest BCUT2D eigenvalue weighted by Gasteiger charge is 2.37. The fourth-order valence-electron chi connectivity index (χ4n) is 3.27. The maximum absolute atomic E-state index is 13.1. The van der Waals surface area contributed by atoms with E-state index in [-0.39, 0.29) is 27.9 Å². The standard InChI is InChI=1S/C21H12Cl2N4O3/c22-16-6-5-13(10-17(16)23)27-20(29)15(19(28)25-21(27)30)9-12-11-26(8-7-24)18-4-2-1-3-14(12)18/h1-6,9-11H,8H2,(H,25,28,30)/b15-9+. The molecule has 4 amide bonds. The van der Waals surface area contributed by atoms with E-state index < -0.39 is 17.8 Å². The topological polar surface area (TPSA) is 95.2 Å². The molecule has 1 fully saturated rings. The van der Waals surface area contributed by atoms with Crippen LogP contribution in [0, 0.1) is 11.3 Å². The number of imide groups is 2. The van der Waals surface area contributed by atoms with Gasteiger partial charge < -0.3 is 4.57 Å². The molecule has 1 saturated heterocycles. The SMILES string of the molecule is N#CCn1cc(/C=C2\C(=O)NC(=O)N(c3ccc(Cl)c(Cl)c3)C2=O)c2ccccc21. The predicted molar refractivity (Wildman–Crippen MR) is 113 cm³/mol. The summed E-state index contributed by atoms with van der Waals surface area (Å²) in [6.07, 6.45) is 3.09. The van der Waals surface area contributed by atoms with E-state index in [1.54, 1.807) is 10.8 Å². The lowest BCUT2D eigenvalue weighted by atomic mass is 10.1. The number of benzene rings is 2. The summed E-state index contributed by atoms with van der Waals surface area (Å²) in [5, 5.41) is 12.4. The highest BCUT2D eigenvalue weighted by molar-refractivity contribution is 6.43. The van der Waals surface area contributed by atoms with Gasteiger partial charge in [0, 0.05) is 22.7 Å². The van der Waals surface area contributed by atoms with Crippen LogP contribution in [0.25, 0.3) is 17.0 Å². The van der Waals surface area contributed by atoms with Gasteiger partial charge in [-0.25, -0.2) is 9.69 Å². The number of amides is 4. The van der Waals surface area contributed by atoms with Crippen LogP contribution in [0.5, 0.6) is 0 Å². The Morgan fingerprint density at radius 2 is 1.83 bits per heavy atom. The fraction of sp³-hybridized carbons (Fsp3) is 0.0476. The number of urea groups is 1. The monoisotopic (exact) mass is 438 g/mol. The van der Waals surface area contributed by atoms with Crippen LogP contribution in [-0.2, 0) is 16.1 Å². The fourth-order valence-corrected chi connectivity index (χ4v) is 3.56. The number of fused-ring (bicyclic) bond motifs is 1. The third-order valence-electron chi connectivity index (χ3n) is 4.62. The van der Waals surface area contributed by atoms with E-state index in [1.807, 2.05) is 24.3 Å². The van der Waals surface area contributed by atoms with Crippen molar-refractivity contribution in [2.24, 2.45) is 0 Å². The van der Waals surface area contributed by atoms with Crippen LogP contribution in [-0.4, -0.2) is 22.4 Å². The average Bonchev–Trinajstić information content (AvgIpc) is 3.06. The molecule has 0 spiro atoms. The van der Waals surface area contributed by atoms with Crippen LogP contribution in [0.4, 0.5) is 10.5 Å². The number of nitrogens with one attached hydrogen (secondary N) is 1. The highest BCUT2D eigenvalue weighted by Crippen LogP contribution is 2.30. The van der Waals surface area contributed by atoms with Gasteiger partial charge in [-0.3, -0.25) is 14.9 Å². The third kappa shape index (κ3) is 3.32. The zero-order valence-electron chi connectivity index (χ0n) is 15.2. The van der Waals surface area contributed by atoms with E-state index in [0.717, 1.165) is 15.8 Å². The van der Waals surface area contributed by atoms with Crippen molar-refractivity contribution in [2.45, 2.75) is 6.54 Å². The molecule has 0 radical (unpaired) electrons. The second-order valence-corrected chi connectivity index (χ2v) is 7.26. The van der Waals surface area contributed by atoms with Crippen LogP contribution in [0.3, 0.4) is 0 Å². The van der Waals surface area contributed by atoms with Gasteiger partial charge >= 0.3 is 6.03 Å². The summed E-state index contributed by atoms with van der Waals surface area (Å²) in [6, 6.07) is 12.8. The molecule has 4 rings (SSSR count). The van der Waals surface area contributed by atoms with E-state index in [0.29, 0.717) is 5.56 Å². The number of hydrogen-bond donors (Lipinski definition) is 1. The van der Waals surface area contributed by atoms with Crippen LogP contribution >= 0.6 is 23.2 Å². The molecule has 3 aromatic rings. The van der Waals surface area contributed by atoms with E-state index in [4.69, 9.17) is 28.5 Å². The molecule has 9 heteroatoms. The van der Waals surface area contributed by atoms with E-state index in [1.165, 1.54) is 24.3 Å². The molecule has 0 bridgehead atoms. The lowest BCUT2D eigenvalue weighted by Gasteiger charge is -2.26. The third-order valence-corrected chi connectivity index (χ3v) is 5.36. The van der Waals surface area contributed by atoms with Crippen molar-refractivity contribution in [2.75, 3.05) is 4.90 Å². The average molecular weight is 439 g/mol. The van der Waals surface area contributed by atoms with Gasteiger partial charge in [0.2, 0.25) is 0 Å². The van der Waals surface area contributed by atoms with Crippen LogP contribution in [0.15, 0.2) is 54.2 Å². The van der Waals surface area contributed by atoms with Crippen LogP contribution in [0.2, 0.25) is 10.0 Å². The van der Waals surface area contributed by atoms with Gasteiger partial charge in [-0.2, -0.15) is 5.26 Å². The molecule has 0 aliphatic carbocycles. The number of hydrogen-bond acceptors (Lipinski definition) is 4. The van der Waals surface area contributed by atoms with Crippen LogP contribution in [0.1, 0.15) is 5.56 Å². The Morgan fingerprint density at radius 3 is 2.57 bits per heavy atom. The Balaban J connectivity index is 1.81. The van der Waals surface area contributed by atoms with Crippen molar-refractivity contribution in [1.82, 2.24) is 9.88 Å². The van der Waals surface area contributed by atoms with Gasteiger partial charge in [0.1, 0.15) is 12.1 Å². The summed E-state index contributed by atoms with van der Waals surface area (Å²) in [7, 11) is 0. The summed E-state index contributed by atoms with van der Waals surface area (Å²) in [5.41, 5.74) is 1.31. The maximum Gasteiger partial charge on any atom is 0.335 e. The first kappa shape index (κ1) is 19.7. The predicted octanol–water partition coefficient (Wildman–Crippen LogP) is 4.14. The summed E-state index contributed by atoms with van der Waals surface area (Å²) in [6.45, 7) is 0.109. The molecule has 0 unspecified atom stereocenters. The minimum atomic E-state index is -0.882. The molecular formula is C21H12Cl2N4O3. The molecule has 1 N–H and O–H groups in total. The largest absolute Gasteiger partial charge is 0.335 e. The van der Waals surface area contributed by atoms with Gasteiger partial charge in [0.05, 0.1) is 21.8 Å².